The third-order valence-corrected chi connectivity index (χ3v) is 5.65. The van der Waals surface area contributed by atoms with Gasteiger partial charge in [0, 0.05) is 36.7 Å². The number of anilines is 1. The molecule has 1 unspecified atom stereocenters. The van der Waals surface area contributed by atoms with Gasteiger partial charge in [-0.15, -0.1) is 22.9 Å². The van der Waals surface area contributed by atoms with Crippen molar-refractivity contribution in [1.82, 2.24) is 0 Å². The minimum absolute atomic E-state index is 0.00126. The van der Waals surface area contributed by atoms with Crippen LogP contribution < -0.4 is 9.64 Å². The summed E-state index contributed by atoms with van der Waals surface area (Å²) in [5.74, 6) is 0.464. The molecule has 0 saturated heterocycles. The van der Waals surface area contributed by atoms with Gasteiger partial charge < -0.3 is 9.47 Å². The highest BCUT2D eigenvalue weighted by Crippen LogP contribution is 2.48. The van der Waals surface area contributed by atoms with Crippen molar-refractivity contribution in [3.8, 4) is 5.75 Å². The normalized spacial score (nSPS) is 16.7. The largest absolute Gasteiger partial charge is 0.443 e. The van der Waals surface area contributed by atoms with E-state index in [4.69, 9.17) is 21.1 Å². The van der Waals surface area contributed by atoms with Crippen molar-refractivity contribution in [2.45, 2.75) is 46.1 Å². The molecule has 2 heterocycles. The van der Waals surface area contributed by atoms with E-state index in [1.54, 1.807) is 11.0 Å². The summed E-state index contributed by atoms with van der Waals surface area (Å²) in [7, 11) is 0. The fourth-order valence-corrected chi connectivity index (χ4v) is 4.52. The first kappa shape index (κ1) is 19.0. The summed E-state index contributed by atoms with van der Waals surface area (Å²) < 4.78 is 11.9. The lowest BCUT2D eigenvalue weighted by molar-refractivity contribution is -0.131. The Bertz CT molecular complexity index is 884. The number of nitrogens with zero attached hydrogens (tertiary/aromatic N) is 1. The summed E-state index contributed by atoms with van der Waals surface area (Å²) in [6.45, 7) is 9.32. The van der Waals surface area contributed by atoms with E-state index in [0.717, 1.165) is 21.2 Å². The number of carbonyl (C=O) groups is 2. The lowest BCUT2D eigenvalue weighted by Gasteiger charge is -2.25. The molecule has 2 aromatic rings. The van der Waals surface area contributed by atoms with Gasteiger partial charge in [-0.1, -0.05) is 0 Å². The van der Waals surface area contributed by atoms with Crippen LogP contribution in [-0.4, -0.2) is 30.1 Å². The van der Waals surface area contributed by atoms with Crippen molar-refractivity contribution in [1.29, 1.82) is 0 Å². The quantitative estimate of drug-likeness (QED) is 0.397. The van der Waals surface area contributed by atoms with E-state index in [9.17, 15) is 9.59 Å². The van der Waals surface area contributed by atoms with Crippen molar-refractivity contribution in [3.63, 3.8) is 0 Å². The maximum atomic E-state index is 12.7. The van der Waals surface area contributed by atoms with Gasteiger partial charge in [-0.3, -0.25) is 9.69 Å². The number of benzene rings is 1. The Balaban J connectivity index is 2.18. The summed E-state index contributed by atoms with van der Waals surface area (Å²) in [5, 5.41) is 3.04. The predicted octanol–water partition coefficient (Wildman–Crippen LogP) is 5.21. The summed E-state index contributed by atoms with van der Waals surface area (Å²) in [6.07, 6.45) is -0.424. The van der Waals surface area contributed by atoms with Gasteiger partial charge in [0.25, 0.3) is 0 Å². The van der Waals surface area contributed by atoms with Gasteiger partial charge in [0.2, 0.25) is 0 Å². The first-order chi connectivity index (χ1) is 12.1. The van der Waals surface area contributed by atoms with Crippen LogP contribution in [0.2, 0.25) is 0 Å². The molecule has 7 heteroatoms. The highest BCUT2D eigenvalue weighted by Gasteiger charge is 2.37. The molecule has 0 spiro atoms. The van der Waals surface area contributed by atoms with E-state index in [-0.39, 0.29) is 5.92 Å². The Morgan fingerprint density at radius 3 is 2.65 bits per heavy atom. The lowest BCUT2D eigenvalue weighted by Crippen LogP contribution is -2.36. The number of aryl methyl sites for hydroxylation is 1. The van der Waals surface area contributed by atoms with Crippen LogP contribution in [0.3, 0.4) is 0 Å². The minimum atomic E-state index is -0.600. The van der Waals surface area contributed by atoms with Crippen molar-refractivity contribution in [2.75, 3.05) is 17.3 Å². The zero-order chi connectivity index (χ0) is 19.2. The van der Waals surface area contributed by atoms with Gasteiger partial charge in [0.05, 0.1) is 10.4 Å². The van der Waals surface area contributed by atoms with E-state index < -0.39 is 17.7 Å². The third kappa shape index (κ3) is 3.40. The number of hydrogen-bond acceptors (Lipinski definition) is 5. The fourth-order valence-electron chi connectivity index (χ4n) is 3.25. The molecule has 140 valence electrons. The zero-order valence-corrected chi connectivity index (χ0v) is 17.1. The number of fused-ring (bicyclic) bond motifs is 3. The van der Waals surface area contributed by atoms with E-state index in [0.29, 0.717) is 23.9 Å². The summed E-state index contributed by atoms with van der Waals surface area (Å²) in [4.78, 5) is 25.9. The third-order valence-electron chi connectivity index (χ3n) is 4.17. The molecule has 1 atom stereocenters. The molecule has 0 radical (unpaired) electrons. The number of alkyl halides is 1. The SMILES string of the molecule is CC(=O)Oc1cc2c(c3c(C)csc13)C(CCl)CN2C(=O)OC(C)(C)C. The number of esters is 1. The molecule has 5 nitrogen and oxygen atoms in total. The molecule has 0 fully saturated rings. The summed E-state index contributed by atoms with van der Waals surface area (Å²) in [6, 6.07) is 1.76. The Labute approximate surface area is 161 Å². The molecule has 26 heavy (non-hydrogen) atoms. The van der Waals surface area contributed by atoms with E-state index in [1.165, 1.54) is 18.3 Å². The van der Waals surface area contributed by atoms with Crippen LogP contribution in [-0.2, 0) is 9.53 Å². The van der Waals surface area contributed by atoms with Crippen molar-refractivity contribution in [2.24, 2.45) is 0 Å². The molecule has 1 amide bonds. The molecule has 0 aliphatic carbocycles. The Hall–Kier alpha value is -1.79. The van der Waals surface area contributed by atoms with Crippen LogP contribution in [0.4, 0.5) is 10.5 Å². The van der Waals surface area contributed by atoms with Gasteiger partial charge in [-0.25, -0.2) is 4.79 Å². The maximum absolute atomic E-state index is 12.7. The molecular formula is C19H22ClNO4S. The van der Waals surface area contributed by atoms with Crippen LogP contribution in [0, 0.1) is 6.92 Å². The van der Waals surface area contributed by atoms with Crippen LogP contribution in [0.1, 0.15) is 44.7 Å². The van der Waals surface area contributed by atoms with Crippen molar-refractivity contribution in [3.05, 3.63) is 22.6 Å². The highest BCUT2D eigenvalue weighted by molar-refractivity contribution is 7.17. The van der Waals surface area contributed by atoms with Gasteiger partial charge >= 0.3 is 12.1 Å². The second-order valence-electron chi connectivity index (χ2n) is 7.47. The first-order valence-electron chi connectivity index (χ1n) is 8.42. The van der Waals surface area contributed by atoms with Crippen LogP contribution in [0.15, 0.2) is 11.4 Å². The Kier molecular flexibility index (Phi) is 4.92. The molecule has 3 rings (SSSR count). The molecule has 1 aromatic carbocycles. The molecule has 0 bridgehead atoms. The van der Waals surface area contributed by atoms with Crippen molar-refractivity contribution >= 4 is 50.8 Å². The van der Waals surface area contributed by atoms with E-state index in [2.05, 4.69) is 0 Å². The first-order valence-corrected chi connectivity index (χ1v) is 9.83. The minimum Gasteiger partial charge on any atom is -0.443 e. The number of hydrogen-bond donors (Lipinski definition) is 0. The van der Waals surface area contributed by atoms with Crippen LogP contribution in [0.25, 0.3) is 10.1 Å². The van der Waals surface area contributed by atoms with Gasteiger partial charge in [0.1, 0.15) is 5.60 Å². The molecule has 1 aliphatic heterocycles. The fraction of sp³-hybridized carbons (Fsp3) is 0.474. The predicted molar refractivity (Wildman–Crippen MR) is 105 cm³/mol. The molecule has 0 N–H and O–H groups in total. The summed E-state index contributed by atoms with van der Waals surface area (Å²) in [5.41, 5.74) is 2.21. The highest BCUT2D eigenvalue weighted by atomic mass is 35.5. The molecule has 1 aromatic heterocycles. The van der Waals surface area contributed by atoms with E-state index >= 15 is 0 Å². The van der Waals surface area contributed by atoms with Crippen LogP contribution in [0.5, 0.6) is 5.75 Å². The number of carbonyl (C=O) groups excluding carboxylic acids is 2. The Morgan fingerprint density at radius 1 is 1.38 bits per heavy atom. The molecule has 1 aliphatic rings. The molecule has 0 saturated carbocycles. The maximum Gasteiger partial charge on any atom is 0.414 e. The van der Waals surface area contributed by atoms with Gasteiger partial charge in [-0.2, -0.15) is 0 Å². The summed E-state index contributed by atoms with van der Waals surface area (Å²) >= 11 is 7.75. The zero-order valence-electron chi connectivity index (χ0n) is 15.5. The topological polar surface area (TPSA) is 55.8 Å². The number of rotatable bonds is 2. The lowest BCUT2D eigenvalue weighted by atomic mass is 9.97. The standard InChI is InChI=1S/C19H22ClNO4S/c1-10-9-26-17-14(24-11(2)22)6-13-16(15(10)17)12(7-20)8-21(13)18(23)25-19(3,4)5/h6,9,12H,7-8H2,1-5H3. The average Bonchev–Trinajstić information content (AvgIpc) is 3.06. The number of amides is 1. The average molecular weight is 396 g/mol. The number of thiophene rings is 1. The Morgan fingerprint density at radius 2 is 2.08 bits per heavy atom. The van der Waals surface area contributed by atoms with Crippen LogP contribution >= 0.6 is 22.9 Å². The second-order valence-corrected chi connectivity index (χ2v) is 8.65. The monoisotopic (exact) mass is 395 g/mol. The van der Waals surface area contributed by atoms with Gasteiger partial charge in [-0.05, 0) is 44.2 Å². The van der Waals surface area contributed by atoms with Gasteiger partial charge in [0.15, 0.2) is 5.75 Å². The number of halogens is 1. The molecular weight excluding hydrogens is 374 g/mol. The van der Waals surface area contributed by atoms with E-state index in [1.807, 2.05) is 33.1 Å². The smallest absolute Gasteiger partial charge is 0.414 e. The van der Waals surface area contributed by atoms with Crippen molar-refractivity contribution < 1.29 is 19.1 Å². The second kappa shape index (κ2) is 6.74. The number of ether oxygens (including phenoxy) is 2.